The Balaban J connectivity index is 2.28. The van der Waals surface area contributed by atoms with E-state index in [0.29, 0.717) is 0 Å². The van der Waals surface area contributed by atoms with E-state index in [-0.39, 0.29) is 0 Å². The van der Waals surface area contributed by atoms with E-state index in [1.54, 1.807) is 7.11 Å². The summed E-state index contributed by atoms with van der Waals surface area (Å²) in [5.74, 6) is 0.964. The Labute approximate surface area is 120 Å². The zero-order valence-electron chi connectivity index (χ0n) is 12.1. The van der Waals surface area contributed by atoms with Crippen LogP contribution in [-0.4, -0.2) is 7.11 Å². The lowest BCUT2D eigenvalue weighted by Gasteiger charge is -2.12. The van der Waals surface area contributed by atoms with Crippen LogP contribution in [0.5, 0.6) is 5.75 Å². The maximum Gasteiger partial charge on any atom is 0.126 e. The zero-order valence-corrected chi connectivity index (χ0v) is 12.1. The van der Waals surface area contributed by atoms with Gasteiger partial charge in [0, 0.05) is 5.39 Å². The molecule has 0 saturated carbocycles. The molecule has 0 aromatic heterocycles. The molecule has 0 heterocycles. The fourth-order valence-corrected chi connectivity index (χ4v) is 2.83. The molecule has 0 fully saturated rings. The SMILES string of the molecule is CCCCc1ccc(OC)c2cc3ccccc3cc12. The lowest BCUT2D eigenvalue weighted by atomic mass is 9.96. The van der Waals surface area contributed by atoms with Gasteiger partial charge in [0.25, 0.3) is 0 Å². The largest absolute Gasteiger partial charge is 0.496 e. The third kappa shape index (κ3) is 2.24. The van der Waals surface area contributed by atoms with Gasteiger partial charge in [-0.3, -0.25) is 0 Å². The van der Waals surface area contributed by atoms with Crippen molar-refractivity contribution in [2.24, 2.45) is 0 Å². The summed E-state index contributed by atoms with van der Waals surface area (Å²) in [7, 11) is 1.75. The smallest absolute Gasteiger partial charge is 0.126 e. The van der Waals surface area contributed by atoms with Crippen LogP contribution in [0.3, 0.4) is 0 Å². The molecule has 0 N–H and O–H groups in total. The fraction of sp³-hybridized carbons (Fsp3) is 0.263. The quantitative estimate of drug-likeness (QED) is 0.578. The van der Waals surface area contributed by atoms with Crippen LogP contribution in [-0.2, 0) is 6.42 Å². The highest BCUT2D eigenvalue weighted by molar-refractivity contribution is 6.02. The van der Waals surface area contributed by atoms with Crippen LogP contribution in [0.2, 0.25) is 0 Å². The van der Waals surface area contributed by atoms with Gasteiger partial charge in [-0.25, -0.2) is 0 Å². The second-order valence-corrected chi connectivity index (χ2v) is 5.28. The van der Waals surface area contributed by atoms with Crippen molar-refractivity contribution in [1.82, 2.24) is 0 Å². The van der Waals surface area contributed by atoms with Gasteiger partial charge in [-0.15, -0.1) is 0 Å². The Kier molecular flexibility index (Phi) is 3.60. The number of hydrogen-bond acceptors (Lipinski definition) is 1. The summed E-state index contributed by atoms with van der Waals surface area (Å²) in [6, 6.07) is 17.4. The predicted octanol–water partition coefficient (Wildman–Crippen LogP) is 5.34. The fourth-order valence-electron chi connectivity index (χ4n) is 2.83. The minimum Gasteiger partial charge on any atom is -0.496 e. The summed E-state index contributed by atoms with van der Waals surface area (Å²) < 4.78 is 5.54. The molecule has 1 nitrogen and oxygen atoms in total. The molecule has 0 bridgehead atoms. The van der Waals surface area contributed by atoms with E-state index in [0.717, 1.165) is 12.2 Å². The molecule has 102 valence electrons. The minimum absolute atomic E-state index is 0.964. The summed E-state index contributed by atoms with van der Waals surface area (Å²) in [4.78, 5) is 0. The average molecular weight is 264 g/mol. The highest BCUT2D eigenvalue weighted by Gasteiger charge is 2.08. The van der Waals surface area contributed by atoms with E-state index in [1.165, 1.54) is 39.9 Å². The summed E-state index contributed by atoms with van der Waals surface area (Å²) >= 11 is 0. The van der Waals surface area contributed by atoms with Crippen LogP contribution in [0.15, 0.2) is 48.5 Å². The van der Waals surface area contributed by atoms with Crippen molar-refractivity contribution < 1.29 is 4.74 Å². The molecule has 3 aromatic carbocycles. The Morgan fingerprint density at radius 2 is 1.60 bits per heavy atom. The third-order valence-corrected chi connectivity index (χ3v) is 3.95. The first-order valence-electron chi connectivity index (χ1n) is 7.32. The number of unbranched alkanes of at least 4 members (excludes halogenated alkanes) is 1. The minimum atomic E-state index is 0.964. The van der Waals surface area contributed by atoms with E-state index in [2.05, 4.69) is 55.5 Å². The van der Waals surface area contributed by atoms with Crippen LogP contribution in [0, 0.1) is 0 Å². The number of methoxy groups -OCH3 is 1. The lowest BCUT2D eigenvalue weighted by Crippen LogP contribution is -1.91. The topological polar surface area (TPSA) is 9.23 Å². The van der Waals surface area contributed by atoms with Gasteiger partial charge in [-0.2, -0.15) is 0 Å². The van der Waals surface area contributed by atoms with Crippen molar-refractivity contribution in [2.75, 3.05) is 7.11 Å². The number of benzene rings is 3. The molecule has 0 saturated heterocycles. The summed E-state index contributed by atoms with van der Waals surface area (Å²) in [6.07, 6.45) is 3.59. The molecule has 0 aliphatic carbocycles. The molecule has 20 heavy (non-hydrogen) atoms. The average Bonchev–Trinajstić information content (AvgIpc) is 2.50. The number of rotatable bonds is 4. The summed E-state index contributed by atoms with van der Waals surface area (Å²) in [6.45, 7) is 2.24. The molecular formula is C19H20O. The normalized spacial score (nSPS) is 11.1. The highest BCUT2D eigenvalue weighted by atomic mass is 16.5. The van der Waals surface area contributed by atoms with E-state index in [4.69, 9.17) is 4.74 Å². The van der Waals surface area contributed by atoms with E-state index in [1.807, 2.05) is 0 Å². The first kappa shape index (κ1) is 13.0. The van der Waals surface area contributed by atoms with Crippen LogP contribution in [0.25, 0.3) is 21.5 Å². The van der Waals surface area contributed by atoms with Gasteiger partial charge >= 0.3 is 0 Å². The van der Waals surface area contributed by atoms with Crippen LogP contribution in [0.4, 0.5) is 0 Å². The number of fused-ring (bicyclic) bond motifs is 2. The lowest BCUT2D eigenvalue weighted by molar-refractivity contribution is 0.419. The summed E-state index contributed by atoms with van der Waals surface area (Å²) in [5.41, 5.74) is 1.42. The van der Waals surface area contributed by atoms with Gasteiger partial charge < -0.3 is 4.74 Å². The molecule has 0 amide bonds. The molecule has 3 aromatic rings. The van der Waals surface area contributed by atoms with E-state index >= 15 is 0 Å². The van der Waals surface area contributed by atoms with E-state index in [9.17, 15) is 0 Å². The Morgan fingerprint density at radius 3 is 2.25 bits per heavy atom. The van der Waals surface area contributed by atoms with Gasteiger partial charge in [0.05, 0.1) is 7.11 Å². The van der Waals surface area contributed by atoms with Crippen molar-refractivity contribution in [1.29, 1.82) is 0 Å². The van der Waals surface area contributed by atoms with Crippen molar-refractivity contribution in [3.05, 3.63) is 54.1 Å². The Morgan fingerprint density at radius 1 is 0.900 bits per heavy atom. The first-order chi connectivity index (χ1) is 9.83. The molecular weight excluding hydrogens is 244 g/mol. The maximum absolute atomic E-state index is 5.54. The molecule has 0 unspecified atom stereocenters. The van der Waals surface area contributed by atoms with Crippen molar-refractivity contribution in [2.45, 2.75) is 26.2 Å². The maximum atomic E-state index is 5.54. The van der Waals surface area contributed by atoms with Gasteiger partial charge in [0.2, 0.25) is 0 Å². The highest BCUT2D eigenvalue weighted by Crippen LogP contribution is 2.33. The van der Waals surface area contributed by atoms with Gasteiger partial charge in [0.1, 0.15) is 5.75 Å². The molecule has 0 aliphatic heterocycles. The molecule has 0 spiro atoms. The second kappa shape index (κ2) is 5.54. The van der Waals surface area contributed by atoms with Crippen molar-refractivity contribution in [3.8, 4) is 5.75 Å². The monoisotopic (exact) mass is 264 g/mol. The summed E-state index contributed by atoms with van der Waals surface area (Å²) in [5, 5.41) is 5.12. The molecule has 1 heteroatoms. The molecule has 0 atom stereocenters. The van der Waals surface area contributed by atoms with Gasteiger partial charge in [0.15, 0.2) is 0 Å². The number of ether oxygens (including phenoxy) is 1. The van der Waals surface area contributed by atoms with Crippen molar-refractivity contribution in [3.63, 3.8) is 0 Å². The van der Waals surface area contributed by atoms with Crippen LogP contribution >= 0.6 is 0 Å². The Bertz CT molecular complexity index is 743. The number of hydrogen-bond donors (Lipinski definition) is 0. The predicted molar refractivity (Wildman–Crippen MR) is 86.6 cm³/mol. The standard InChI is InChI=1S/C19H20O/c1-3-4-7-14-10-11-19(20-2)18-13-16-9-6-5-8-15(16)12-17(14)18/h5-6,8-13H,3-4,7H2,1-2H3. The Hall–Kier alpha value is -2.02. The third-order valence-electron chi connectivity index (χ3n) is 3.95. The molecule has 0 aliphatic rings. The van der Waals surface area contributed by atoms with Crippen LogP contribution in [0.1, 0.15) is 25.3 Å². The molecule has 3 rings (SSSR count). The molecule has 0 radical (unpaired) electrons. The van der Waals surface area contributed by atoms with Gasteiger partial charge in [-0.1, -0.05) is 43.7 Å². The number of aryl methyl sites for hydroxylation is 1. The zero-order chi connectivity index (χ0) is 13.9. The van der Waals surface area contributed by atoms with Gasteiger partial charge in [-0.05, 0) is 52.8 Å². The van der Waals surface area contributed by atoms with E-state index < -0.39 is 0 Å². The van der Waals surface area contributed by atoms with Crippen molar-refractivity contribution >= 4 is 21.5 Å². The second-order valence-electron chi connectivity index (χ2n) is 5.28. The first-order valence-corrected chi connectivity index (χ1v) is 7.32. The van der Waals surface area contributed by atoms with Crippen LogP contribution < -0.4 is 4.74 Å².